The fourth-order valence-electron chi connectivity index (χ4n) is 2.13. The Bertz CT molecular complexity index is 708. The lowest BCUT2D eigenvalue weighted by Gasteiger charge is -2.12. The SMILES string of the molecule is O=C(CCN1C(=O)CCC1=O)On1nnc2ccccc21. The molecule has 1 saturated heterocycles. The van der Waals surface area contributed by atoms with Crippen molar-refractivity contribution in [3.8, 4) is 0 Å². The summed E-state index contributed by atoms with van der Waals surface area (Å²) in [6.45, 7) is 0.0309. The van der Waals surface area contributed by atoms with Gasteiger partial charge in [0.2, 0.25) is 11.8 Å². The average molecular weight is 288 g/mol. The first-order valence-corrected chi connectivity index (χ1v) is 6.50. The van der Waals surface area contributed by atoms with Gasteiger partial charge in [-0.15, -0.1) is 5.10 Å². The van der Waals surface area contributed by atoms with Crippen molar-refractivity contribution in [3.05, 3.63) is 24.3 Å². The summed E-state index contributed by atoms with van der Waals surface area (Å²) in [6, 6.07) is 7.04. The van der Waals surface area contributed by atoms with Crippen LogP contribution in [0.2, 0.25) is 0 Å². The van der Waals surface area contributed by atoms with Crippen molar-refractivity contribution in [1.29, 1.82) is 0 Å². The molecule has 0 spiro atoms. The molecular weight excluding hydrogens is 276 g/mol. The van der Waals surface area contributed by atoms with E-state index in [1.54, 1.807) is 24.3 Å². The summed E-state index contributed by atoms with van der Waals surface area (Å²) in [6.07, 6.45) is 0.342. The quantitative estimate of drug-likeness (QED) is 0.577. The van der Waals surface area contributed by atoms with Crippen LogP contribution in [0.5, 0.6) is 0 Å². The van der Waals surface area contributed by atoms with Crippen molar-refractivity contribution in [2.45, 2.75) is 19.3 Å². The van der Waals surface area contributed by atoms with Gasteiger partial charge in [-0.2, -0.15) is 0 Å². The standard InChI is InChI=1S/C13H12N4O4/c18-11-5-6-12(19)16(11)8-7-13(20)21-17-10-4-2-1-3-9(10)14-15-17/h1-4H,5-8H2. The molecule has 21 heavy (non-hydrogen) atoms. The molecule has 2 amide bonds. The zero-order valence-electron chi connectivity index (χ0n) is 11.1. The topological polar surface area (TPSA) is 94.4 Å². The number of hydrogen-bond acceptors (Lipinski definition) is 6. The molecule has 0 aliphatic carbocycles. The molecule has 1 aliphatic heterocycles. The van der Waals surface area contributed by atoms with Gasteiger partial charge in [-0.05, 0) is 17.3 Å². The minimum absolute atomic E-state index is 0.0309. The number of aromatic nitrogens is 3. The summed E-state index contributed by atoms with van der Waals surface area (Å²) in [7, 11) is 0. The minimum atomic E-state index is -0.585. The van der Waals surface area contributed by atoms with Gasteiger partial charge < -0.3 is 4.84 Å². The van der Waals surface area contributed by atoms with Crippen molar-refractivity contribution in [3.63, 3.8) is 0 Å². The van der Waals surface area contributed by atoms with E-state index in [1.165, 1.54) is 0 Å². The number of carbonyl (C=O) groups is 3. The van der Waals surface area contributed by atoms with Crippen molar-refractivity contribution < 1.29 is 19.2 Å². The zero-order chi connectivity index (χ0) is 14.8. The molecule has 0 atom stereocenters. The number of rotatable bonds is 4. The van der Waals surface area contributed by atoms with Crippen molar-refractivity contribution in [2.75, 3.05) is 6.54 Å². The van der Waals surface area contributed by atoms with Gasteiger partial charge in [-0.3, -0.25) is 14.5 Å². The fraction of sp³-hybridized carbons (Fsp3) is 0.308. The smallest absolute Gasteiger partial charge is 0.317 e. The zero-order valence-corrected chi connectivity index (χ0v) is 11.1. The lowest BCUT2D eigenvalue weighted by atomic mass is 10.3. The molecule has 108 valence electrons. The number of amides is 2. The van der Waals surface area contributed by atoms with Crippen LogP contribution in [-0.4, -0.2) is 44.4 Å². The highest BCUT2D eigenvalue weighted by Gasteiger charge is 2.29. The van der Waals surface area contributed by atoms with E-state index in [1.807, 2.05) is 0 Å². The molecular formula is C13H12N4O4. The molecule has 0 bridgehead atoms. The first-order chi connectivity index (χ1) is 10.1. The Labute approximate surface area is 119 Å². The maximum absolute atomic E-state index is 11.8. The number of nitrogens with zero attached hydrogens (tertiary/aromatic N) is 4. The third kappa shape index (κ3) is 2.60. The summed E-state index contributed by atoms with van der Waals surface area (Å²) >= 11 is 0. The molecule has 0 radical (unpaired) electrons. The summed E-state index contributed by atoms with van der Waals surface area (Å²) in [5.74, 6) is -1.09. The molecule has 0 N–H and O–H groups in total. The Hall–Kier alpha value is -2.77. The number of benzene rings is 1. The Kier molecular flexibility index (Phi) is 3.35. The van der Waals surface area contributed by atoms with E-state index in [2.05, 4.69) is 10.3 Å². The number of likely N-dealkylation sites (tertiary alicyclic amines) is 1. The largest absolute Gasteiger partial charge is 0.336 e. The molecule has 2 heterocycles. The van der Waals surface area contributed by atoms with Gasteiger partial charge in [0.1, 0.15) is 11.0 Å². The third-order valence-corrected chi connectivity index (χ3v) is 3.20. The summed E-state index contributed by atoms with van der Waals surface area (Å²) in [5, 5.41) is 7.57. The summed E-state index contributed by atoms with van der Waals surface area (Å²) in [4.78, 5) is 41.8. The number of fused-ring (bicyclic) bond motifs is 1. The number of carbonyl (C=O) groups excluding carboxylic acids is 3. The first-order valence-electron chi connectivity index (χ1n) is 6.50. The summed E-state index contributed by atoms with van der Waals surface area (Å²) < 4.78 is 0. The maximum Gasteiger partial charge on any atom is 0.336 e. The maximum atomic E-state index is 11.8. The van der Waals surface area contributed by atoms with E-state index >= 15 is 0 Å². The molecule has 0 saturated carbocycles. The van der Waals surface area contributed by atoms with Gasteiger partial charge in [0, 0.05) is 19.4 Å². The second-order valence-corrected chi connectivity index (χ2v) is 4.60. The second kappa shape index (κ2) is 5.31. The highest BCUT2D eigenvalue weighted by Crippen LogP contribution is 2.12. The molecule has 1 aromatic carbocycles. The van der Waals surface area contributed by atoms with Crippen LogP contribution >= 0.6 is 0 Å². The van der Waals surface area contributed by atoms with Crippen LogP contribution in [0.4, 0.5) is 0 Å². The third-order valence-electron chi connectivity index (χ3n) is 3.20. The van der Waals surface area contributed by atoms with Crippen LogP contribution in [0.15, 0.2) is 24.3 Å². The second-order valence-electron chi connectivity index (χ2n) is 4.60. The Morgan fingerprint density at radius 2 is 1.90 bits per heavy atom. The van der Waals surface area contributed by atoms with E-state index in [0.29, 0.717) is 11.0 Å². The predicted octanol–water partition coefficient (Wildman–Crippen LogP) is -0.0744. The van der Waals surface area contributed by atoms with E-state index in [9.17, 15) is 14.4 Å². The molecule has 1 fully saturated rings. The van der Waals surface area contributed by atoms with Crippen LogP contribution in [0.3, 0.4) is 0 Å². The lowest BCUT2D eigenvalue weighted by Crippen LogP contribution is -2.33. The normalized spacial score (nSPS) is 15.0. The molecule has 0 unspecified atom stereocenters. The van der Waals surface area contributed by atoms with Gasteiger partial charge in [0.05, 0.1) is 6.42 Å². The first kappa shape index (κ1) is 13.2. The molecule has 8 heteroatoms. The minimum Gasteiger partial charge on any atom is -0.317 e. The van der Waals surface area contributed by atoms with E-state index in [0.717, 1.165) is 9.75 Å². The van der Waals surface area contributed by atoms with Crippen LogP contribution in [0.25, 0.3) is 11.0 Å². The van der Waals surface area contributed by atoms with Crippen molar-refractivity contribution in [2.24, 2.45) is 0 Å². The molecule has 3 rings (SSSR count). The number of hydrogen-bond donors (Lipinski definition) is 0. The fourth-order valence-corrected chi connectivity index (χ4v) is 2.13. The van der Waals surface area contributed by atoms with Gasteiger partial charge >= 0.3 is 5.97 Å². The monoisotopic (exact) mass is 288 g/mol. The Morgan fingerprint density at radius 3 is 2.67 bits per heavy atom. The molecule has 1 aliphatic rings. The van der Waals surface area contributed by atoms with E-state index < -0.39 is 5.97 Å². The number of para-hydroxylation sites is 1. The van der Waals surface area contributed by atoms with Crippen molar-refractivity contribution >= 4 is 28.8 Å². The highest BCUT2D eigenvalue weighted by molar-refractivity contribution is 6.02. The number of imide groups is 1. The van der Waals surface area contributed by atoms with Crippen LogP contribution < -0.4 is 4.84 Å². The van der Waals surface area contributed by atoms with Gasteiger partial charge in [-0.25, -0.2) is 4.79 Å². The van der Waals surface area contributed by atoms with E-state index in [4.69, 9.17) is 4.84 Å². The Balaban J connectivity index is 1.62. The van der Waals surface area contributed by atoms with Gasteiger partial charge in [0.25, 0.3) is 0 Å². The van der Waals surface area contributed by atoms with Gasteiger partial charge in [0.15, 0.2) is 0 Å². The van der Waals surface area contributed by atoms with Crippen LogP contribution in [-0.2, 0) is 14.4 Å². The van der Waals surface area contributed by atoms with Gasteiger partial charge in [-0.1, -0.05) is 17.0 Å². The summed E-state index contributed by atoms with van der Waals surface area (Å²) in [5.41, 5.74) is 1.18. The molecule has 1 aromatic heterocycles. The average Bonchev–Trinajstić information content (AvgIpc) is 3.02. The van der Waals surface area contributed by atoms with Crippen LogP contribution in [0, 0.1) is 0 Å². The predicted molar refractivity (Wildman–Crippen MR) is 69.7 cm³/mol. The van der Waals surface area contributed by atoms with E-state index in [-0.39, 0.29) is 37.6 Å². The van der Waals surface area contributed by atoms with Crippen LogP contribution in [0.1, 0.15) is 19.3 Å². The lowest BCUT2D eigenvalue weighted by molar-refractivity contribution is -0.146. The molecule has 2 aromatic rings. The highest BCUT2D eigenvalue weighted by atomic mass is 16.7. The Morgan fingerprint density at radius 1 is 1.19 bits per heavy atom. The van der Waals surface area contributed by atoms with Crippen molar-refractivity contribution in [1.82, 2.24) is 20.1 Å². The molecule has 8 nitrogen and oxygen atoms in total.